The zero-order valence-corrected chi connectivity index (χ0v) is 13.0. The van der Waals surface area contributed by atoms with Gasteiger partial charge in [-0.05, 0) is 30.5 Å². The number of aliphatic imine (C=N–C) groups is 1. The van der Waals surface area contributed by atoms with Crippen LogP contribution in [0.15, 0.2) is 23.2 Å². The third-order valence-corrected chi connectivity index (χ3v) is 3.83. The van der Waals surface area contributed by atoms with Gasteiger partial charge in [-0.25, -0.2) is 0 Å². The highest BCUT2D eigenvalue weighted by Gasteiger charge is 2.27. The van der Waals surface area contributed by atoms with E-state index >= 15 is 0 Å². The van der Waals surface area contributed by atoms with Crippen molar-refractivity contribution in [3.63, 3.8) is 0 Å². The second-order valence-electron chi connectivity index (χ2n) is 4.87. The van der Waals surface area contributed by atoms with E-state index in [1.165, 1.54) is 12.8 Å². The molecule has 0 radical (unpaired) electrons. The predicted octanol–water partition coefficient (Wildman–Crippen LogP) is 2.92. The molecule has 1 aromatic rings. The minimum absolute atomic E-state index is 0.448. The van der Waals surface area contributed by atoms with Gasteiger partial charge in [-0.1, -0.05) is 29.3 Å². The van der Waals surface area contributed by atoms with Crippen LogP contribution in [-0.2, 0) is 11.3 Å². The van der Waals surface area contributed by atoms with E-state index in [1.807, 2.05) is 18.0 Å². The molecule has 1 saturated carbocycles. The average Bonchev–Trinajstić information content (AvgIpc) is 3.24. The fraction of sp³-hybridized carbons (Fsp3) is 0.500. The number of rotatable bonds is 6. The summed E-state index contributed by atoms with van der Waals surface area (Å²) in [4.78, 5) is 6.32. The van der Waals surface area contributed by atoms with Gasteiger partial charge in [0.05, 0.1) is 19.8 Å². The van der Waals surface area contributed by atoms with Gasteiger partial charge in [0.1, 0.15) is 0 Å². The first-order chi connectivity index (χ1) is 9.58. The number of nitrogens with zero attached hydrogens (tertiary/aromatic N) is 2. The fourth-order valence-corrected chi connectivity index (χ4v) is 2.27. The topological polar surface area (TPSA) is 50.8 Å². The van der Waals surface area contributed by atoms with E-state index < -0.39 is 0 Å². The van der Waals surface area contributed by atoms with E-state index in [0.29, 0.717) is 41.8 Å². The quantitative estimate of drug-likeness (QED) is 0.499. The molecule has 0 saturated heterocycles. The zero-order valence-electron chi connectivity index (χ0n) is 11.5. The lowest BCUT2D eigenvalue weighted by atomic mass is 10.2. The van der Waals surface area contributed by atoms with Crippen LogP contribution in [0.1, 0.15) is 18.4 Å². The molecule has 4 nitrogen and oxygen atoms in total. The molecule has 0 heterocycles. The van der Waals surface area contributed by atoms with Crippen molar-refractivity contribution in [1.82, 2.24) is 4.90 Å². The van der Waals surface area contributed by atoms with Crippen LogP contribution in [0.4, 0.5) is 0 Å². The number of ether oxygens (including phenoxy) is 1. The normalized spacial score (nSPS) is 15.4. The standard InChI is InChI=1S/C14H19Cl2N3O/c1-19(12-4-5-12)14(17)18-6-7-20-9-10-2-3-11(15)8-13(10)16/h2-3,8,12H,4-7,9H2,1H3,(H2,17,18). The van der Waals surface area contributed by atoms with E-state index in [2.05, 4.69) is 4.99 Å². The van der Waals surface area contributed by atoms with Gasteiger partial charge < -0.3 is 15.4 Å². The Hall–Kier alpha value is -0.970. The summed E-state index contributed by atoms with van der Waals surface area (Å²) >= 11 is 11.9. The molecular weight excluding hydrogens is 297 g/mol. The van der Waals surface area contributed by atoms with Crippen molar-refractivity contribution in [2.45, 2.75) is 25.5 Å². The van der Waals surface area contributed by atoms with Gasteiger partial charge in [0.2, 0.25) is 0 Å². The number of nitrogens with two attached hydrogens (primary N) is 1. The van der Waals surface area contributed by atoms with Gasteiger partial charge in [-0.15, -0.1) is 0 Å². The third-order valence-electron chi connectivity index (χ3n) is 3.24. The van der Waals surface area contributed by atoms with Crippen LogP contribution in [0.5, 0.6) is 0 Å². The molecule has 0 atom stereocenters. The van der Waals surface area contributed by atoms with Crippen molar-refractivity contribution in [3.05, 3.63) is 33.8 Å². The summed E-state index contributed by atoms with van der Waals surface area (Å²) in [7, 11) is 1.98. The van der Waals surface area contributed by atoms with Crippen molar-refractivity contribution in [2.24, 2.45) is 10.7 Å². The number of halogens is 2. The van der Waals surface area contributed by atoms with Crippen LogP contribution in [0.25, 0.3) is 0 Å². The highest BCUT2D eigenvalue weighted by molar-refractivity contribution is 6.35. The number of guanidine groups is 1. The molecular formula is C14H19Cl2N3O. The molecule has 0 aliphatic heterocycles. The lowest BCUT2D eigenvalue weighted by Crippen LogP contribution is -2.36. The molecule has 1 aliphatic carbocycles. The van der Waals surface area contributed by atoms with Gasteiger partial charge in [-0.3, -0.25) is 4.99 Å². The maximum absolute atomic E-state index is 6.06. The van der Waals surface area contributed by atoms with Crippen LogP contribution in [0.3, 0.4) is 0 Å². The largest absolute Gasteiger partial charge is 0.375 e. The van der Waals surface area contributed by atoms with E-state index in [1.54, 1.807) is 12.1 Å². The Labute approximate surface area is 129 Å². The summed E-state index contributed by atoms with van der Waals surface area (Å²) in [6.45, 7) is 1.51. The van der Waals surface area contributed by atoms with Gasteiger partial charge in [0.25, 0.3) is 0 Å². The molecule has 2 rings (SSSR count). The second-order valence-corrected chi connectivity index (χ2v) is 5.71. The summed E-state index contributed by atoms with van der Waals surface area (Å²) < 4.78 is 5.54. The molecule has 2 N–H and O–H groups in total. The molecule has 0 spiro atoms. The molecule has 1 aromatic carbocycles. The highest BCUT2D eigenvalue weighted by Crippen LogP contribution is 2.24. The summed E-state index contributed by atoms with van der Waals surface area (Å²) in [5.74, 6) is 0.584. The predicted molar refractivity (Wildman–Crippen MR) is 83.4 cm³/mol. The van der Waals surface area contributed by atoms with Crippen LogP contribution >= 0.6 is 23.2 Å². The Morgan fingerprint density at radius 1 is 1.45 bits per heavy atom. The van der Waals surface area contributed by atoms with Crippen LogP contribution in [-0.4, -0.2) is 37.1 Å². The third kappa shape index (κ3) is 4.54. The van der Waals surface area contributed by atoms with Crippen molar-refractivity contribution >= 4 is 29.2 Å². The van der Waals surface area contributed by atoms with Crippen molar-refractivity contribution in [1.29, 1.82) is 0 Å². The average molecular weight is 316 g/mol. The van der Waals surface area contributed by atoms with Crippen LogP contribution in [0, 0.1) is 0 Å². The van der Waals surface area contributed by atoms with E-state index in [9.17, 15) is 0 Å². The first-order valence-electron chi connectivity index (χ1n) is 6.62. The van der Waals surface area contributed by atoms with Gasteiger partial charge in [-0.2, -0.15) is 0 Å². The number of benzene rings is 1. The number of hydrogen-bond donors (Lipinski definition) is 1. The molecule has 20 heavy (non-hydrogen) atoms. The summed E-state index contributed by atoms with van der Waals surface area (Å²) in [5, 5.41) is 1.24. The Balaban J connectivity index is 1.69. The molecule has 0 aromatic heterocycles. The molecule has 6 heteroatoms. The Morgan fingerprint density at radius 2 is 2.20 bits per heavy atom. The monoisotopic (exact) mass is 315 g/mol. The van der Waals surface area contributed by atoms with E-state index in [4.69, 9.17) is 33.7 Å². The molecule has 1 aliphatic rings. The van der Waals surface area contributed by atoms with Gasteiger partial charge in [0.15, 0.2) is 5.96 Å². The lowest BCUT2D eigenvalue weighted by Gasteiger charge is -2.16. The SMILES string of the molecule is CN(C(N)=NCCOCc1ccc(Cl)cc1Cl)C1CC1. The zero-order chi connectivity index (χ0) is 14.5. The van der Waals surface area contributed by atoms with E-state index in [0.717, 1.165) is 5.56 Å². The van der Waals surface area contributed by atoms with Crippen molar-refractivity contribution < 1.29 is 4.74 Å². The maximum atomic E-state index is 6.06. The molecule has 0 unspecified atom stereocenters. The fourth-order valence-electron chi connectivity index (χ4n) is 1.81. The minimum atomic E-state index is 0.448. The Bertz CT molecular complexity index is 489. The number of hydrogen-bond acceptors (Lipinski definition) is 2. The molecule has 0 bridgehead atoms. The first-order valence-corrected chi connectivity index (χ1v) is 7.38. The van der Waals surface area contributed by atoms with E-state index in [-0.39, 0.29) is 0 Å². The molecule has 110 valence electrons. The van der Waals surface area contributed by atoms with Crippen molar-refractivity contribution in [2.75, 3.05) is 20.2 Å². The Morgan fingerprint density at radius 3 is 2.85 bits per heavy atom. The van der Waals surface area contributed by atoms with Gasteiger partial charge >= 0.3 is 0 Å². The highest BCUT2D eigenvalue weighted by atomic mass is 35.5. The smallest absolute Gasteiger partial charge is 0.191 e. The summed E-state index contributed by atoms with van der Waals surface area (Å²) in [5.41, 5.74) is 6.80. The summed E-state index contributed by atoms with van der Waals surface area (Å²) in [6.07, 6.45) is 2.41. The maximum Gasteiger partial charge on any atom is 0.191 e. The lowest BCUT2D eigenvalue weighted by molar-refractivity contribution is 0.128. The van der Waals surface area contributed by atoms with Crippen LogP contribution in [0.2, 0.25) is 10.0 Å². The molecule has 1 fully saturated rings. The van der Waals surface area contributed by atoms with Gasteiger partial charge in [0, 0.05) is 23.1 Å². The second kappa shape index (κ2) is 7.16. The van der Waals surface area contributed by atoms with Crippen molar-refractivity contribution in [3.8, 4) is 0 Å². The summed E-state index contributed by atoms with van der Waals surface area (Å²) in [6, 6.07) is 5.95. The Kier molecular flexibility index (Phi) is 5.52. The first kappa shape index (κ1) is 15.4. The van der Waals surface area contributed by atoms with Crippen LogP contribution < -0.4 is 5.73 Å². The minimum Gasteiger partial charge on any atom is -0.375 e. The molecule has 0 amide bonds.